The molecule has 12 nitrogen and oxygen atoms in total. The normalized spacial score (nSPS) is 12.1. The number of hydrogen-bond donors (Lipinski definition) is 2. The van der Waals surface area contributed by atoms with E-state index in [1.807, 2.05) is 0 Å². The van der Waals surface area contributed by atoms with E-state index in [1.165, 1.54) is 36.5 Å². The van der Waals surface area contributed by atoms with Crippen molar-refractivity contribution in [2.75, 3.05) is 5.32 Å². The fourth-order valence-corrected chi connectivity index (χ4v) is 4.85. The van der Waals surface area contributed by atoms with Crippen LogP contribution in [0.3, 0.4) is 0 Å². The summed E-state index contributed by atoms with van der Waals surface area (Å²) in [6.07, 6.45) is -9.52. The molecule has 2 aromatic carbocycles. The van der Waals surface area contributed by atoms with Crippen molar-refractivity contribution >= 4 is 29.1 Å². The highest BCUT2D eigenvalue weighted by Gasteiger charge is 2.62. The van der Waals surface area contributed by atoms with Gasteiger partial charge in [0.05, 0.1) is 22.0 Å². The van der Waals surface area contributed by atoms with Crippen LogP contribution in [-0.4, -0.2) is 59.3 Å². The zero-order valence-electron chi connectivity index (χ0n) is 25.9. The molecule has 0 spiro atoms. The Hall–Kier alpha value is -5.66. The number of nitrogens with one attached hydrogen (secondary N) is 2. The van der Waals surface area contributed by atoms with Crippen LogP contribution in [0.4, 0.5) is 40.8 Å². The number of aryl methyl sites for hydroxylation is 2. The van der Waals surface area contributed by atoms with Crippen LogP contribution in [0.25, 0.3) is 5.82 Å². The average Bonchev–Trinajstić information content (AvgIpc) is 3.69. The molecule has 0 aliphatic rings. The molecule has 2 amide bonds. The maximum atomic E-state index is 13.8. The van der Waals surface area contributed by atoms with Crippen molar-refractivity contribution in [3.63, 3.8) is 0 Å². The van der Waals surface area contributed by atoms with E-state index in [9.17, 15) is 44.7 Å². The van der Waals surface area contributed by atoms with Crippen LogP contribution in [0.15, 0.2) is 60.8 Å². The number of hydrogen-bond acceptors (Lipinski definition) is 8. The van der Waals surface area contributed by atoms with Crippen molar-refractivity contribution in [2.45, 2.75) is 45.4 Å². The molecule has 5 aromatic rings. The van der Waals surface area contributed by atoms with E-state index >= 15 is 0 Å². The molecular formula is C30H22ClF8N9O3. The van der Waals surface area contributed by atoms with Crippen molar-refractivity contribution in [3.05, 3.63) is 105 Å². The van der Waals surface area contributed by atoms with Crippen molar-refractivity contribution in [1.82, 2.24) is 40.3 Å². The van der Waals surface area contributed by atoms with Gasteiger partial charge in [-0.1, -0.05) is 29.8 Å². The summed E-state index contributed by atoms with van der Waals surface area (Å²) in [4.78, 5) is 31.7. The third-order valence-electron chi connectivity index (χ3n) is 6.90. The highest BCUT2D eigenvalue weighted by molar-refractivity contribution is 6.32. The average molecular weight is 744 g/mol. The zero-order chi connectivity index (χ0) is 37.3. The lowest BCUT2D eigenvalue weighted by molar-refractivity contribution is -0.292. The van der Waals surface area contributed by atoms with E-state index in [4.69, 9.17) is 11.6 Å². The molecule has 0 unspecified atom stereocenters. The number of tetrazole rings is 1. The Morgan fingerprint density at radius 2 is 1.63 bits per heavy atom. The molecule has 2 N–H and O–H groups in total. The van der Waals surface area contributed by atoms with Gasteiger partial charge in [0.15, 0.2) is 5.82 Å². The topological polar surface area (TPSA) is 142 Å². The van der Waals surface area contributed by atoms with Gasteiger partial charge >= 0.3 is 18.5 Å². The SMILES string of the molecule is Cc1cc(C)c(NC(=O)c2cc(Cn3nnc(C(F)(F)C(F)(F)F)n3)nn2-c2ncccc2Cl)c(C(=O)NCc2ccc(OC(F)(F)F)cc2)c1. The van der Waals surface area contributed by atoms with Gasteiger partial charge in [-0.15, -0.1) is 23.4 Å². The third-order valence-corrected chi connectivity index (χ3v) is 7.19. The maximum Gasteiger partial charge on any atom is 0.573 e. The number of carbonyl (C=O) groups excluding carboxylic acids is 2. The Labute approximate surface area is 286 Å². The van der Waals surface area contributed by atoms with E-state index in [2.05, 4.69) is 40.9 Å². The zero-order valence-corrected chi connectivity index (χ0v) is 26.7. The van der Waals surface area contributed by atoms with Crippen LogP contribution in [-0.2, 0) is 19.0 Å². The molecule has 51 heavy (non-hydrogen) atoms. The van der Waals surface area contributed by atoms with Crippen LogP contribution in [0, 0.1) is 13.8 Å². The maximum absolute atomic E-state index is 13.8. The fraction of sp³-hybridized carbons (Fsp3) is 0.233. The minimum atomic E-state index is -5.98. The molecule has 0 saturated heterocycles. The first-order valence-electron chi connectivity index (χ1n) is 14.3. The summed E-state index contributed by atoms with van der Waals surface area (Å²) < 4.78 is 108. The van der Waals surface area contributed by atoms with E-state index in [-0.39, 0.29) is 40.0 Å². The number of halogens is 9. The quantitative estimate of drug-likeness (QED) is 0.159. The van der Waals surface area contributed by atoms with Gasteiger partial charge in [-0.3, -0.25) is 9.59 Å². The Kier molecular flexibility index (Phi) is 10.00. The number of pyridine rings is 1. The molecular weight excluding hydrogens is 722 g/mol. The Morgan fingerprint density at radius 1 is 0.922 bits per heavy atom. The predicted octanol–water partition coefficient (Wildman–Crippen LogP) is 6.31. The second-order valence-corrected chi connectivity index (χ2v) is 11.2. The van der Waals surface area contributed by atoms with Crippen molar-refractivity contribution < 1.29 is 49.4 Å². The standard InChI is InChI=1S/C30H22ClF8N9O3/c1-15-10-16(2)23(20(11-15)25(49)41-13-17-5-7-19(8-6-17)51-30(37,38)39)42-26(50)22-12-18(44-48(22)24-21(31)4-3-9-40-24)14-47-45-27(43-46-47)28(32,33)29(34,35)36/h3-12H,13-14H2,1-2H3,(H,41,49)(H,42,50). The van der Waals surface area contributed by atoms with Gasteiger partial charge in [-0.2, -0.15) is 31.8 Å². The molecule has 0 atom stereocenters. The molecule has 0 bridgehead atoms. The monoisotopic (exact) mass is 743 g/mol. The van der Waals surface area contributed by atoms with Crippen molar-refractivity contribution in [1.29, 1.82) is 0 Å². The van der Waals surface area contributed by atoms with Crippen molar-refractivity contribution in [2.24, 2.45) is 0 Å². The fourth-order valence-electron chi connectivity index (χ4n) is 4.65. The number of nitrogens with zero attached hydrogens (tertiary/aromatic N) is 7. The number of aromatic nitrogens is 7. The number of amides is 2. The molecule has 268 valence electrons. The number of anilines is 1. The summed E-state index contributed by atoms with van der Waals surface area (Å²) in [5.74, 6) is -9.31. The summed E-state index contributed by atoms with van der Waals surface area (Å²) in [5.41, 5.74) is 1.26. The summed E-state index contributed by atoms with van der Waals surface area (Å²) in [5, 5.41) is 18.7. The van der Waals surface area contributed by atoms with Crippen LogP contribution < -0.4 is 15.4 Å². The largest absolute Gasteiger partial charge is 0.573 e. The molecule has 0 saturated carbocycles. The molecule has 5 rings (SSSR count). The van der Waals surface area contributed by atoms with Gasteiger partial charge in [0.1, 0.15) is 18.0 Å². The molecule has 0 fully saturated rings. The summed E-state index contributed by atoms with van der Waals surface area (Å²) in [6.45, 7) is 2.60. The first kappa shape index (κ1) is 36.6. The lowest BCUT2D eigenvalue weighted by Gasteiger charge is -2.16. The lowest BCUT2D eigenvalue weighted by Crippen LogP contribution is -2.35. The Balaban J connectivity index is 1.42. The smallest absolute Gasteiger partial charge is 0.406 e. The highest BCUT2D eigenvalue weighted by Crippen LogP contribution is 2.42. The van der Waals surface area contributed by atoms with E-state index < -0.39 is 48.4 Å². The molecule has 3 aromatic heterocycles. The van der Waals surface area contributed by atoms with Gasteiger partial charge in [-0.25, -0.2) is 9.67 Å². The van der Waals surface area contributed by atoms with Gasteiger partial charge in [-0.05, 0) is 72.1 Å². The summed E-state index contributed by atoms with van der Waals surface area (Å²) >= 11 is 6.30. The van der Waals surface area contributed by atoms with E-state index in [0.717, 1.165) is 22.9 Å². The number of benzene rings is 2. The van der Waals surface area contributed by atoms with Crippen LogP contribution >= 0.6 is 11.6 Å². The second-order valence-electron chi connectivity index (χ2n) is 10.8. The van der Waals surface area contributed by atoms with Gasteiger partial charge in [0, 0.05) is 12.7 Å². The van der Waals surface area contributed by atoms with Crippen LogP contribution in [0.2, 0.25) is 5.02 Å². The van der Waals surface area contributed by atoms with Gasteiger partial charge in [0.2, 0.25) is 0 Å². The number of rotatable bonds is 10. The molecule has 0 radical (unpaired) electrons. The molecule has 21 heteroatoms. The Morgan fingerprint density at radius 3 is 2.27 bits per heavy atom. The first-order valence-corrected chi connectivity index (χ1v) is 14.7. The lowest BCUT2D eigenvalue weighted by atomic mass is 10.0. The van der Waals surface area contributed by atoms with Crippen molar-refractivity contribution in [3.8, 4) is 11.6 Å². The van der Waals surface area contributed by atoms with Crippen LogP contribution in [0.5, 0.6) is 5.75 Å². The second kappa shape index (κ2) is 13.9. The molecule has 0 aliphatic heterocycles. The predicted molar refractivity (Wildman–Crippen MR) is 161 cm³/mol. The molecule has 3 heterocycles. The van der Waals surface area contributed by atoms with Crippen LogP contribution in [0.1, 0.15) is 49.1 Å². The van der Waals surface area contributed by atoms with E-state index in [1.54, 1.807) is 19.9 Å². The number of carbonyl (C=O) groups is 2. The summed E-state index contributed by atoms with van der Waals surface area (Å²) in [6, 6.07) is 12.0. The molecule has 0 aliphatic carbocycles. The highest BCUT2D eigenvalue weighted by atomic mass is 35.5. The summed E-state index contributed by atoms with van der Waals surface area (Å²) in [7, 11) is 0. The van der Waals surface area contributed by atoms with Gasteiger partial charge < -0.3 is 15.4 Å². The Bertz CT molecular complexity index is 2080. The minimum absolute atomic E-state index is 0.0185. The third kappa shape index (κ3) is 8.39. The number of ether oxygens (including phenoxy) is 1. The van der Waals surface area contributed by atoms with Gasteiger partial charge in [0.25, 0.3) is 17.6 Å². The first-order chi connectivity index (χ1) is 23.8. The van der Waals surface area contributed by atoms with E-state index in [0.29, 0.717) is 21.5 Å². The minimum Gasteiger partial charge on any atom is -0.406 e. The number of alkyl halides is 8.